The fraction of sp³-hybridized carbons (Fsp3) is 1.00. The molecule has 0 saturated heterocycles. The second kappa shape index (κ2) is 4.56. The summed E-state index contributed by atoms with van der Waals surface area (Å²) in [4.78, 5) is 0. The molecule has 0 radical (unpaired) electrons. The lowest BCUT2D eigenvalue weighted by Gasteiger charge is -2.11. The SMILES string of the molecule is CC[C@@H](I)[C@@H](O)CC. The van der Waals surface area contributed by atoms with Crippen LogP contribution >= 0.6 is 22.6 Å². The number of aliphatic hydroxyl groups excluding tert-OH is 1. The predicted octanol–water partition coefficient (Wildman–Crippen LogP) is 1.97. The Morgan fingerprint density at radius 1 is 1.38 bits per heavy atom. The third-order valence-electron chi connectivity index (χ3n) is 1.23. The molecule has 2 atom stereocenters. The van der Waals surface area contributed by atoms with Crippen molar-refractivity contribution < 1.29 is 5.11 Å². The zero-order valence-corrected chi connectivity index (χ0v) is 7.55. The molecule has 50 valence electrons. The van der Waals surface area contributed by atoms with Crippen molar-refractivity contribution in [3.63, 3.8) is 0 Å². The molecule has 2 heteroatoms. The highest BCUT2D eigenvalue weighted by atomic mass is 127. The average molecular weight is 228 g/mol. The van der Waals surface area contributed by atoms with Gasteiger partial charge in [0.05, 0.1) is 6.10 Å². The molecule has 0 fully saturated rings. The van der Waals surface area contributed by atoms with Gasteiger partial charge in [0.25, 0.3) is 0 Å². The number of hydrogen-bond acceptors (Lipinski definition) is 1. The molecule has 0 heterocycles. The van der Waals surface area contributed by atoms with Crippen LogP contribution in [0.15, 0.2) is 0 Å². The highest BCUT2D eigenvalue weighted by Crippen LogP contribution is 2.12. The van der Waals surface area contributed by atoms with Gasteiger partial charge in [-0.1, -0.05) is 36.4 Å². The van der Waals surface area contributed by atoms with Crippen LogP contribution in [-0.4, -0.2) is 15.1 Å². The maximum absolute atomic E-state index is 9.12. The number of hydrogen-bond donors (Lipinski definition) is 1. The molecule has 0 bridgehead atoms. The summed E-state index contributed by atoms with van der Waals surface area (Å²) < 4.78 is 0.442. The molecule has 0 aliphatic rings. The van der Waals surface area contributed by atoms with Gasteiger partial charge < -0.3 is 5.11 Å². The van der Waals surface area contributed by atoms with Gasteiger partial charge in [-0.05, 0) is 12.8 Å². The molecule has 0 aromatic rings. The van der Waals surface area contributed by atoms with Gasteiger partial charge in [0.15, 0.2) is 0 Å². The predicted molar refractivity (Wildman–Crippen MR) is 44.4 cm³/mol. The number of alkyl halides is 1. The van der Waals surface area contributed by atoms with Crippen molar-refractivity contribution >= 4 is 22.6 Å². The van der Waals surface area contributed by atoms with E-state index in [1.807, 2.05) is 6.92 Å². The van der Waals surface area contributed by atoms with Crippen LogP contribution in [0.4, 0.5) is 0 Å². The van der Waals surface area contributed by atoms with Crippen LogP contribution < -0.4 is 0 Å². The lowest BCUT2D eigenvalue weighted by molar-refractivity contribution is 0.170. The maximum Gasteiger partial charge on any atom is 0.0655 e. The van der Waals surface area contributed by atoms with E-state index < -0.39 is 0 Å². The van der Waals surface area contributed by atoms with Gasteiger partial charge in [0.2, 0.25) is 0 Å². The summed E-state index contributed by atoms with van der Waals surface area (Å²) >= 11 is 2.28. The van der Waals surface area contributed by atoms with Crippen LogP contribution in [0.3, 0.4) is 0 Å². The highest BCUT2D eigenvalue weighted by Gasteiger charge is 2.09. The Kier molecular flexibility index (Phi) is 4.95. The van der Waals surface area contributed by atoms with Crippen molar-refractivity contribution in [3.05, 3.63) is 0 Å². The minimum absolute atomic E-state index is 0.0967. The van der Waals surface area contributed by atoms with Crippen LogP contribution in [-0.2, 0) is 0 Å². The molecule has 0 aliphatic heterocycles. The molecule has 1 N–H and O–H groups in total. The van der Waals surface area contributed by atoms with Crippen molar-refractivity contribution in [2.45, 2.75) is 36.7 Å². The zero-order chi connectivity index (χ0) is 6.57. The monoisotopic (exact) mass is 228 g/mol. The molecule has 0 amide bonds. The Morgan fingerprint density at radius 2 is 1.88 bits per heavy atom. The minimum Gasteiger partial charge on any atom is -0.392 e. The third kappa shape index (κ3) is 2.87. The first-order chi connectivity index (χ1) is 3.72. The molecule has 0 aromatic carbocycles. The van der Waals surface area contributed by atoms with Gasteiger partial charge in [-0.2, -0.15) is 0 Å². The summed E-state index contributed by atoms with van der Waals surface area (Å²) in [6, 6.07) is 0. The first-order valence-corrected chi connectivity index (χ1v) is 4.29. The van der Waals surface area contributed by atoms with Crippen LogP contribution in [0.2, 0.25) is 0 Å². The van der Waals surface area contributed by atoms with E-state index in [0.717, 1.165) is 12.8 Å². The number of aliphatic hydroxyl groups is 1. The summed E-state index contributed by atoms with van der Waals surface area (Å²) in [5.41, 5.74) is 0. The molecule has 8 heavy (non-hydrogen) atoms. The number of halogens is 1. The molecule has 0 unspecified atom stereocenters. The summed E-state index contributed by atoms with van der Waals surface area (Å²) in [7, 11) is 0. The number of rotatable bonds is 3. The molecular weight excluding hydrogens is 215 g/mol. The molecule has 1 nitrogen and oxygen atoms in total. The lowest BCUT2D eigenvalue weighted by Crippen LogP contribution is -2.17. The van der Waals surface area contributed by atoms with E-state index in [1.165, 1.54) is 0 Å². The first-order valence-electron chi connectivity index (χ1n) is 3.04. The Bertz CT molecular complexity index is 48.5. The van der Waals surface area contributed by atoms with Crippen LogP contribution in [0.25, 0.3) is 0 Å². The Morgan fingerprint density at radius 3 is 2.00 bits per heavy atom. The van der Waals surface area contributed by atoms with E-state index in [4.69, 9.17) is 5.11 Å². The lowest BCUT2D eigenvalue weighted by atomic mass is 10.2. The van der Waals surface area contributed by atoms with Crippen LogP contribution in [0, 0.1) is 0 Å². The van der Waals surface area contributed by atoms with Crippen molar-refractivity contribution in [2.24, 2.45) is 0 Å². The Hall–Kier alpha value is 0.690. The van der Waals surface area contributed by atoms with Crippen molar-refractivity contribution in [1.82, 2.24) is 0 Å². The second-order valence-electron chi connectivity index (χ2n) is 1.90. The van der Waals surface area contributed by atoms with Gasteiger partial charge in [0, 0.05) is 3.92 Å². The van der Waals surface area contributed by atoms with Crippen LogP contribution in [0.1, 0.15) is 26.7 Å². The summed E-state index contributed by atoms with van der Waals surface area (Å²) in [5, 5.41) is 9.12. The molecule has 0 spiro atoms. The van der Waals surface area contributed by atoms with E-state index in [2.05, 4.69) is 29.5 Å². The summed E-state index contributed by atoms with van der Waals surface area (Å²) in [6.45, 7) is 4.10. The fourth-order valence-electron chi connectivity index (χ4n) is 0.528. The largest absolute Gasteiger partial charge is 0.392 e. The second-order valence-corrected chi connectivity index (χ2v) is 3.50. The Balaban J connectivity index is 3.29. The van der Waals surface area contributed by atoms with Gasteiger partial charge in [-0.15, -0.1) is 0 Å². The van der Waals surface area contributed by atoms with E-state index in [1.54, 1.807) is 0 Å². The molecule has 0 rings (SSSR count). The summed E-state index contributed by atoms with van der Waals surface area (Å²) in [5.74, 6) is 0. The van der Waals surface area contributed by atoms with Crippen molar-refractivity contribution in [2.75, 3.05) is 0 Å². The molecule has 0 aromatic heterocycles. The van der Waals surface area contributed by atoms with Gasteiger partial charge in [0.1, 0.15) is 0 Å². The quantitative estimate of drug-likeness (QED) is 0.578. The van der Waals surface area contributed by atoms with Crippen molar-refractivity contribution in [3.8, 4) is 0 Å². The fourth-order valence-corrected chi connectivity index (χ4v) is 1.04. The van der Waals surface area contributed by atoms with Gasteiger partial charge in [-0.3, -0.25) is 0 Å². The minimum atomic E-state index is -0.0967. The smallest absolute Gasteiger partial charge is 0.0655 e. The molecule has 0 aliphatic carbocycles. The first kappa shape index (κ1) is 8.69. The normalized spacial score (nSPS) is 18.0. The maximum atomic E-state index is 9.12. The van der Waals surface area contributed by atoms with Crippen molar-refractivity contribution in [1.29, 1.82) is 0 Å². The van der Waals surface area contributed by atoms with Gasteiger partial charge >= 0.3 is 0 Å². The molecule has 0 saturated carbocycles. The standard InChI is InChI=1S/C6H13IO/c1-3-5(7)6(8)4-2/h5-6,8H,3-4H2,1-2H3/t5-,6+/m1/s1. The van der Waals surface area contributed by atoms with E-state index >= 15 is 0 Å². The third-order valence-corrected chi connectivity index (χ3v) is 2.94. The van der Waals surface area contributed by atoms with E-state index in [0.29, 0.717) is 3.92 Å². The highest BCUT2D eigenvalue weighted by molar-refractivity contribution is 14.1. The van der Waals surface area contributed by atoms with E-state index in [9.17, 15) is 0 Å². The summed E-state index contributed by atoms with van der Waals surface area (Å²) in [6.07, 6.45) is 1.84. The Labute approximate surface area is 64.6 Å². The molecular formula is C6H13IO. The van der Waals surface area contributed by atoms with Gasteiger partial charge in [-0.25, -0.2) is 0 Å². The van der Waals surface area contributed by atoms with Crippen LogP contribution in [0.5, 0.6) is 0 Å². The average Bonchev–Trinajstić information content (AvgIpc) is 1.84. The zero-order valence-electron chi connectivity index (χ0n) is 5.39. The topological polar surface area (TPSA) is 20.2 Å². The van der Waals surface area contributed by atoms with E-state index in [-0.39, 0.29) is 6.10 Å².